The number of hydrogen-bond acceptors (Lipinski definition) is 4. The molecule has 112 valence electrons. The second kappa shape index (κ2) is 9.28. The van der Waals surface area contributed by atoms with Crippen LogP contribution < -0.4 is 11.1 Å². The molecule has 1 fully saturated rings. The van der Waals surface area contributed by atoms with Crippen LogP contribution in [0.25, 0.3) is 0 Å². The molecular weight excluding hydrogens is 242 g/mol. The van der Waals surface area contributed by atoms with Crippen molar-refractivity contribution in [3.05, 3.63) is 0 Å². The molecule has 5 heteroatoms. The smallest absolute Gasteiger partial charge is 0.220 e. The molecule has 0 radical (unpaired) electrons. The zero-order valence-corrected chi connectivity index (χ0v) is 12.4. The lowest BCUT2D eigenvalue weighted by molar-refractivity contribution is -0.122. The van der Waals surface area contributed by atoms with Crippen LogP contribution in [0.4, 0.5) is 0 Å². The normalized spacial score (nSPS) is 23.6. The lowest BCUT2D eigenvalue weighted by atomic mass is 9.83. The summed E-state index contributed by atoms with van der Waals surface area (Å²) in [6, 6.07) is 0.212. The molecule has 0 heterocycles. The van der Waals surface area contributed by atoms with Crippen molar-refractivity contribution in [3.63, 3.8) is 0 Å². The van der Waals surface area contributed by atoms with Crippen molar-refractivity contribution in [2.45, 2.75) is 38.1 Å². The van der Waals surface area contributed by atoms with Crippen LogP contribution in [0.5, 0.6) is 0 Å². The predicted molar refractivity (Wildman–Crippen MR) is 76.9 cm³/mol. The summed E-state index contributed by atoms with van der Waals surface area (Å²) in [5, 5.41) is 2.98. The third-order valence-electron chi connectivity index (χ3n) is 3.91. The van der Waals surface area contributed by atoms with Gasteiger partial charge in [-0.15, -0.1) is 0 Å². The molecular formula is C14H29N3O2. The Kier molecular flexibility index (Phi) is 8.02. The number of carbonyl (C=O) groups is 1. The van der Waals surface area contributed by atoms with E-state index >= 15 is 0 Å². The molecule has 2 atom stereocenters. The number of nitrogens with zero attached hydrogens (tertiary/aromatic N) is 1. The number of carbonyl (C=O) groups excluding carboxylic acids is 1. The van der Waals surface area contributed by atoms with Crippen LogP contribution in [0.15, 0.2) is 0 Å². The molecule has 0 aromatic rings. The lowest BCUT2D eigenvalue weighted by Gasteiger charge is -2.28. The summed E-state index contributed by atoms with van der Waals surface area (Å²) in [7, 11) is 3.73. The van der Waals surface area contributed by atoms with E-state index in [1.54, 1.807) is 7.11 Å². The average molecular weight is 271 g/mol. The minimum atomic E-state index is 0.141. The molecule has 1 aliphatic carbocycles. The molecule has 0 bridgehead atoms. The number of methoxy groups -OCH3 is 1. The highest BCUT2D eigenvalue weighted by atomic mass is 16.5. The van der Waals surface area contributed by atoms with Gasteiger partial charge in [-0.3, -0.25) is 4.79 Å². The Balaban J connectivity index is 2.10. The predicted octanol–water partition coefficient (Wildman–Crippen LogP) is 0.588. The third-order valence-corrected chi connectivity index (χ3v) is 3.91. The quantitative estimate of drug-likeness (QED) is 0.678. The maximum Gasteiger partial charge on any atom is 0.220 e. The fourth-order valence-corrected chi connectivity index (χ4v) is 2.55. The molecule has 0 aliphatic heterocycles. The molecule has 0 spiro atoms. The van der Waals surface area contributed by atoms with Gasteiger partial charge in [-0.25, -0.2) is 0 Å². The molecule has 19 heavy (non-hydrogen) atoms. The first-order valence-electron chi connectivity index (χ1n) is 7.33. The van der Waals surface area contributed by atoms with Crippen molar-refractivity contribution in [1.29, 1.82) is 0 Å². The monoisotopic (exact) mass is 271 g/mol. The number of ether oxygens (including phenoxy) is 1. The first-order valence-corrected chi connectivity index (χ1v) is 7.33. The Labute approximate surface area is 116 Å². The van der Waals surface area contributed by atoms with Crippen molar-refractivity contribution in [2.75, 3.05) is 40.4 Å². The molecule has 0 aromatic heterocycles. The van der Waals surface area contributed by atoms with Gasteiger partial charge in [-0.05, 0) is 25.8 Å². The molecule has 1 amide bonds. The van der Waals surface area contributed by atoms with Crippen molar-refractivity contribution in [3.8, 4) is 0 Å². The second-order valence-corrected chi connectivity index (χ2v) is 5.56. The fraction of sp³-hybridized carbons (Fsp3) is 0.929. The molecule has 5 nitrogen and oxygen atoms in total. The van der Waals surface area contributed by atoms with Gasteiger partial charge in [0.15, 0.2) is 0 Å². The summed E-state index contributed by atoms with van der Waals surface area (Å²) in [4.78, 5) is 14.0. The largest absolute Gasteiger partial charge is 0.383 e. The van der Waals surface area contributed by atoms with E-state index in [4.69, 9.17) is 10.5 Å². The Bertz CT molecular complexity index is 261. The van der Waals surface area contributed by atoms with Crippen molar-refractivity contribution in [1.82, 2.24) is 10.2 Å². The summed E-state index contributed by atoms with van der Waals surface area (Å²) < 4.78 is 5.01. The van der Waals surface area contributed by atoms with Crippen molar-refractivity contribution >= 4 is 5.91 Å². The van der Waals surface area contributed by atoms with Gasteiger partial charge < -0.3 is 20.7 Å². The third kappa shape index (κ3) is 6.89. The van der Waals surface area contributed by atoms with Crippen LogP contribution in [-0.4, -0.2) is 57.2 Å². The number of nitrogens with two attached hydrogens (primary N) is 1. The summed E-state index contributed by atoms with van der Waals surface area (Å²) in [6.07, 6.45) is 5.18. The van der Waals surface area contributed by atoms with E-state index in [2.05, 4.69) is 10.2 Å². The van der Waals surface area contributed by atoms with Gasteiger partial charge in [0.1, 0.15) is 0 Å². The van der Waals surface area contributed by atoms with Crippen LogP contribution >= 0.6 is 0 Å². The van der Waals surface area contributed by atoms with Crippen molar-refractivity contribution < 1.29 is 9.53 Å². The van der Waals surface area contributed by atoms with Gasteiger partial charge in [-0.1, -0.05) is 12.8 Å². The van der Waals surface area contributed by atoms with E-state index in [0.29, 0.717) is 18.9 Å². The maximum absolute atomic E-state index is 11.8. The van der Waals surface area contributed by atoms with E-state index < -0.39 is 0 Å². The Morgan fingerprint density at radius 1 is 1.37 bits per heavy atom. The van der Waals surface area contributed by atoms with Crippen molar-refractivity contribution in [2.24, 2.45) is 11.7 Å². The Hall–Kier alpha value is -0.650. The minimum Gasteiger partial charge on any atom is -0.383 e. The summed E-state index contributed by atoms with van der Waals surface area (Å²) in [5.41, 5.74) is 6.06. The van der Waals surface area contributed by atoms with Crippen LogP contribution in [0.3, 0.4) is 0 Å². The van der Waals surface area contributed by atoms with E-state index in [1.165, 1.54) is 12.8 Å². The Morgan fingerprint density at radius 3 is 2.79 bits per heavy atom. The van der Waals surface area contributed by atoms with E-state index in [1.807, 2.05) is 7.05 Å². The first-order chi connectivity index (χ1) is 9.13. The number of hydrogen-bond donors (Lipinski definition) is 2. The molecule has 0 aromatic carbocycles. The highest BCUT2D eigenvalue weighted by Crippen LogP contribution is 2.25. The van der Waals surface area contributed by atoms with Gasteiger partial charge in [0.25, 0.3) is 0 Å². The number of likely N-dealkylation sites (N-methyl/N-ethyl adjacent to an activating group) is 1. The number of rotatable bonds is 8. The lowest BCUT2D eigenvalue weighted by Crippen LogP contribution is -2.39. The Morgan fingerprint density at radius 2 is 2.11 bits per heavy atom. The van der Waals surface area contributed by atoms with Crippen LogP contribution in [0.2, 0.25) is 0 Å². The average Bonchev–Trinajstić information content (AvgIpc) is 2.39. The van der Waals surface area contributed by atoms with E-state index in [9.17, 15) is 4.79 Å². The van der Waals surface area contributed by atoms with Gasteiger partial charge in [0.2, 0.25) is 5.91 Å². The molecule has 1 saturated carbocycles. The zero-order valence-electron chi connectivity index (χ0n) is 12.4. The van der Waals surface area contributed by atoms with Crippen LogP contribution in [0, 0.1) is 5.92 Å². The second-order valence-electron chi connectivity index (χ2n) is 5.56. The molecule has 1 rings (SSSR count). The van der Waals surface area contributed by atoms with Gasteiger partial charge in [0.05, 0.1) is 6.61 Å². The summed E-state index contributed by atoms with van der Waals surface area (Å²) in [6.45, 7) is 3.16. The maximum atomic E-state index is 11.8. The van der Waals surface area contributed by atoms with E-state index in [-0.39, 0.29) is 11.9 Å². The van der Waals surface area contributed by atoms with Gasteiger partial charge in [0, 0.05) is 39.2 Å². The zero-order chi connectivity index (χ0) is 14.1. The highest BCUT2D eigenvalue weighted by molar-refractivity contribution is 5.76. The summed E-state index contributed by atoms with van der Waals surface area (Å²) in [5.74, 6) is 0.516. The molecule has 2 unspecified atom stereocenters. The van der Waals surface area contributed by atoms with Gasteiger partial charge >= 0.3 is 0 Å². The number of amides is 1. The number of nitrogens with one attached hydrogen (secondary N) is 1. The highest BCUT2D eigenvalue weighted by Gasteiger charge is 2.23. The minimum absolute atomic E-state index is 0.141. The standard InChI is InChI=1S/C14H29N3O2/c1-17(9-10-19-2)8-7-16-14(18)11-12-5-3-4-6-13(12)15/h12-13H,3-11,15H2,1-2H3,(H,16,18). The SMILES string of the molecule is COCCN(C)CCNC(=O)CC1CCCCC1N. The van der Waals surface area contributed by atoms with E-state index in [0.717, 1.165) is 32.5 Å². The first kappa shape index (κ1) is 16.4. The topological polar surface area (TPSA) is 67.6 Å². The van der Waals surface area contributed by atoms with Crippen LogP contribution in [-0.2, 0) is 9.53 Å². The molecule has 1 aliphatic rings. The fourth-order valence-electron chi connectivity index (χ4n) is 2.55. The molecule has 3 N–H and O–H groups in total. The van der Waals surface area contributed by atoms with Gasteiger partial charge in [-0.2, -0.15) is 0 Å². The molecule has 0 saturated heterocycles. The van der Waals surface area contributed by atoms with Crippen LogP contribution in [0.1, 0.15) is 32.1 Å². The summed E-state index contributed by atoms with van der Waals surface area (Å²) >= 11 is 0.